The Labute approximate surface area is 221 Å². The first-order chi connectivity index (χ1) is 18.3. The van der Waals surface area contributed by atoms with Gasteiger partial charge in [0.15, 0.2) is 0 Å². The number of carbonyl (C=O) groups excluding carboxylic acids is 2. The molecule has 1 aliphatic carbocycles. The van der Waals surface area contributed by atoms with Gasteiger partial charge in [-0.25, -0.2) is 4.90 Å². The third kappa shape index (κ3) is 4.76. The monoisotopic (exact) mass is 516 g/mol. The Balaban J connectivity index is 1.38. The van der Waals surface area contributed by atoms with Gasteiger partial charge in [-0.15, -0.1) is 0 Å². The topological polar surface area (TPSA) is 110 Å². The molecule has 2 aromatic rings. The summed E-state index contributed by atoms with van der Waals surface area (Å²) in [5, 5.41) is 20.8. The van der Waals surface area contributed by atoms with Crippen LogP contribution in [0.25, 0.3) is 6.08 Å². The van der Waals surface area contributed by atoms with E-state index in [0.717, 1.165) is 36.1 Å². The number of nitrogens with zero attached hydrogens (tertiary/aromatic N) is 2. The number of hydrogen-bond acceptors (Lipinski definition) is 6. The highest BCUT2D eigenvalue weighted by Crippen LogP contribution is 2.51. The van der Waals surface area contributed by atoms with Gasteiger partial charge in [-0.05, 0) is 61.9 Å². The normalized spacial score (nSPS) is 25.1. The van der Waals surface area contributed by atoms with E-state index in [-0.39, 0.29) is 41.0 Å². The number of aromatic hydroxyl groups is 1. The third-order valence-electron chi connectivity index (χ3n) is 7.97. The van der Waals surface area contributed by atoms with E-state index in [1.165, 1.54) is 34.9 Å². The molecule has 5 rings (SSSR count). The van der Waals surface area contributed by atoms with Crippen molar-refractivity contribution in [2.75, 3.05) is 11.5 Å². The van der Waals surface area contributed by atoms with Gasteiger partial charge in [-0.2, -0.15) is 0 Å². The fourth-order valence-electron chi connectivity index (χ4n) is 6.30. The lowest BCUT2D eigenvalue weighted by atomic mass is 9.68. The minimum absolute atomic E-state index is 0.0968. The van der Waals surface area contributed by atoms with Gasteiger partial charge in [-0.1, -0.05) is 48.8 Å². The van der Waals surface area contributed by atoms with Crippen LogP contribution >= 0.6 is 0 Å². The smallest absolute Gasteiger partial charge is 0.271 e. The molecule has 2 heterocycles. The quantitative estimate of drug-likeness (QED) is 0.205. The first-order valence-corrected chi connectivity index (χ1v) is 13.2. The fourth-order valence-corrected chi connectivity index (χ4v) is 6.30. The lowest BCUT2D eigenvalue weighted by Gasteiger charge is -2.31. The van der Waals surface area contributed by atoms with E-state index in [0.29, 0.717) is 13.0 Å². The maximum Gasteiger partial charge on any atom is 0.271 e. The number of imide groups is 1. The fraction of sp³-hybridized carbons (Fsp3) is 0.400. The second-order valence-electron chi connectivity index (χ2n) is 10.5. The molecule has 8 heteroatoms. The molecule has 3 aliphatic rings. The van der Waals surface area contributed by atoms with E-state index in [1.807, 2.05) is 12.1 Å². The maximum atomic E-state index is 13.7. The number of phenolic OH excluding ortho intramolecular Hbond substituents is 1. The largest absolute Gasteiger partial charge is 0.508 e. The van der Waals surface area contributed by atoms with Crippen LogP contribution in [0.15, 0.2) is 65.3 Å². The number of non-ortho nitro benzene ring substituents is 1. The Morgan fingerprint density at radius 1 is 1.16 bits per heavy atom. The second-order valence-corrected chi connectivity index (χ2v) is 10.5. The average molecular weight is 517 g/mol. The standard InChI is InChI=1S/C30H32N2O6/c1-3-5-20-15-24-28(30(35)31(29(24)34)21-6-4-7-22(16-21)32(36)37)25-17-38-26(27(20)25)13-8-18(2)14-19-9-11-23(33)12-10-19/h4,6-7,9-12,14,16,24-26,28,33H,3,5,8,13,15,17H2,1-2H3/b18-14+/t24-,25+,26-,28-/m1/s1. The van der Waals surface area contributed by atoms with Crippen molar-refractivity contribution in [2.45, 2.75) is 52.1 Å². The molecule has 8 nitrogen and oxygen atoms in total. The minimum Gasteiger partial charge on any atom is -0.508 e. The predicted octanol–water partition coefficient (Wildman–Crippen LogP) is 5.81. The Morgan fingerprint density at radius 2 is 1.92 bits per heavy atom. The van der Waals surface area contributed by atoms with Crippen molar-refractivity contribution < 1.29 is 24.4 Å². The van der Waals surface area contributed by atoms with Crippen LogP contribution in [0.1, 0.15) is 51.5 Å². The number of ether oxygens (including phenoxy) is 1. The molecular weight excluding hydrogens is 484 g/mol. The van der Waals surface area contributed by atoms with Crippen LogP contribution in [0, 0.1) is 27.9 Å². The summed E-state index contributed by atoms with van der Waals surface area (Å²) in [5.41, 5.74) is 4.73. The molecular formula is C30H32N2O6. The molecule has 2 saturated heterocycles. The minimum atomic E-state index is -0.520. The van der Waals surface area contributed by atoms with Crippen molar-refractivity contribution in [3.63, 3.8) is 0 Å². The number of phenols is 1. The van der Waals surface area contributed by atoms with E-state index in [2.05, 4.69) is 19.9 Å². The summed E-state index contributed by atoms with van der Waals surface area (Å²) in [6.07, 6.45) is 5.93. The van der Waals surface area contributed by atoms with Crippen molar-refractivity contribution >= 4 is 29.3 Å². The molecule has 1 N–H and O–H groups in total. The molecule has 2 fully saturated rings. The molecule has 0 bridgehead atoms. The molecule has 0 aromatic heterocycles. The summed E-state index contributed by atoms with van der Waals surface area (Å²) < 4.78 is 6.29. The number of nitro groups is 1. The van der Waals surface area contributed by atoms with Crippen molar-refractivity contribution in [1.82, 2.24) is 0 Å². The van der Waals surface area contributed by atoms with Gasteiger partial charge in [-0.3, -0.25) is 19.7 Å². The first-order valence-electron chi connectivity index (χ1n) is 13.2. The van der Waals surface area contributed by atoms with E-state index in [9.17, 15) is 24.8 Å². The molecule has 2 aromatic carbocycles. The summed E-state index contributed by atoms with van der Waals surface area (Å²) >= 11 is 0. The SMILES string of the molecule is CCCC1=C2[C@@H](CC/C(C)=C/c3ccc(O)cc3)OC[C@@H]2[C@@H]2C(=O)N(c3cccc([N+](=O)[O-])c3)C(=O)[C@@H]2C1. The molecule has 38 heavy (non-hydrogen) atoms. The molecule has 0 unspecified atom stereocenters. The number of hydrogen-bond donors (Lipinski definition) is 1. The summed E-state index contributed by atoms with van der Waals surface area (Å²) in [7, 11) is 0. The molecule has 2 aliphatic heterocycles. The number of anilines is 1. The van der Waals surface area contributed by atoms with E-state index in [1.54, 1.807) is 18.2 Å². The van der Waals surface area contributed by atoms with Crippen molar-refractivity contribution in [3.05, 3.63) is 80.9 Å². The molecule has 0 radical (unpaired) electrons. The molecule has 2 amide bonds. The highest BCUT2D eigenvalue weighted by molar-refractivity contribution is 6.22. The van der Waals surface area contributed by atoms with Crippen LogP contribution in [-0.2, 0) is 14.3 Å². The first kappa shape index (κ1) is 25.9. The van der Waals surface area contributed by atoms with Gasteiger partial charge in [0.2, 0.25) is 11.8 Å². The number of amides is 2. The number of benzene rings is 2. The Morgan fingerprint density at radius 3 is 2.63 bits per heavy atom. The molecule has 198 valence electrons. The van der Waals surface area contributed by atoms with Gasteiger partial charge in [0.1, 0.15) is 5.75 Å². The van der Waals surface area contributed by atoms with Gasteiger partial charge in [0.05, 0.1) is 35.2 Å². The van der Waals surface area contributed by atoms with Crippen LogP contribution in [0.3, 0.4) is 0 Å². The third-order valence-corrected chi connectivity index (χ3v) is 7.97. The van der Waals surface area contributed by atoms with Gasteiger partial charge >= 0.3 is 0 Å². The number of fused-ring (bicyclic) bond motifs is 3. The van der Waals surface area contributed by atoms with Crippen LogP contribution in [-0.4, -0.2) is 34.6 Å². The number of carbonyl (C=O) groups is 2. The molecule has 0 spiro atoms. The summed E-state index contributed by atoms with van der Waals surface area (Å²) in [4.78, 5) is 39.1. The van der Waals surface area contributed by atoms with Gasteiger partial charge in [0.25, 0.3) is 5.69 Å². The number of allylic oxidation sites excluding steroid dienone is 2. The van der Waals surface area contributed by atoms with Crippen LogP contribution in [0.4, 0.5) is 11.4 Å². The Hall–Kier alpha value is -3.78. The Bertz CT molecular complexity index is 1330. The highest BCUT2D eigenvalue weighted by atomic mass is 16.6. The zero-order chi connectivity index (χ0) is 27.0. The lowest BCUT2D eigenvalue weighted by Crippen LogP contribution is -2.34. The highest BCUT2D eigenvalue weighted by Gasteiger charge is 2.57. The van der Waals surface area contributed by atoms with E-state index < -0.39 is 16.8 Å². The molecule has 0 saturated carbocycles. The van der Waals surface area contributed by atoms with Crippen molar-refractivity contribution in [3.8, 4) is 5.75 Å². The van der Waals surface area contributed by atoms with Crippen LogP contribution in [0.2, 0.25) is 0 Å². The predicted molar refractivity (Wildman–Crippen MR) is 143 cm³/mol. The number of rotatable bonds is 8. The second kappa shape index (κ2) is 10.5. The summed E-state index contributed by atoms with van der Waals surface area (Å²) in [5.74, 6) is -1.44. The average Bonchev–Trinajstić information content (AvgIpc) is 3.43. The Kier molecular flexibility index (Phi) is 7.17. The maximum absolute atomic E-state index is 13.7. The molecule has 4 atom stereocenters. The summed E-state index contributed by atoms with van der Waals surface area (Å²) in [6, 6.07) is 12.8. The zero-order valence-electron chi connectivity index (χ0n) is 21.6. The zero-order valence-corrected chi connectivity index (χ0v) is 21.6. The number of nitro benzene ring substituents is 1. The lowest BCUT2D eigenvalue weighted by molar-refractivity contribution is -0.384. The van der Waals surface area contributed by atoms with Crippen LogP contribution < -0.4 is 4.90 Å². The van der Waals surface area contributed by atoms with E-state index in [4.69, 9.17) is 4.74 Å². The van der Waals surface area contributed by atoms with Gasteiger partial charge < -0.3 is 9.84 Å². The van der Waals surface area contributed by atoms with Crippen LogP contribution in [0.5, 0.6) is 5.75 Å². The van der Waals surface area contributed by atoms with Crippen molar-refractivity contribution in [1.29, 1.82) is 0 Å². The van der Waals surface area contributed by atoms with Gasteiger partial charge in [0, 0.05) is 18.1 Å². The summed E-state index contributed by atoms with van der Waals surface area (Å²) in [6.45, 7) is 4.59. The van der Waals surface area contributed by atoms with Crippen molar-refractivity contribution in [2.24, 2.45) is 17.8 Å². The van der Waals surface area contributed by atoms with E-state index >= 15 is 0 Å².